The van der Waals surface area contributed by atoms with Crippen molar-refractivity contribution in [3.05, 3.63) is 74.5 Å². The van der Waals surface area contributed by atoms with Gasteiger partial charge >= 0.3 is 0 Å². The van der Waals surface area contributed by atoms with E-state index in [1.165, 1.54) is 11.8 Å². The molecule has 0 aliphatic rings. The van der Waals surface area contributed by atoms with Crippen molar-refractivity contribution in [3.63, 3.8) is 0 Å². The van der Waals surface area contributed by atoms with Crippen LogP contribution in [0.15, 0.2) is 58.2 Å². The van der Waals surface area contributed by atoms with E-state index in [-0.39, 0.29) is 11.5 Å². The molecule has 0 aliphatic carbocycles. The quantitative estimate of drug-likeness (QED) is 0.270. The van der Waals surface area contributed by atoms with Gasteiger partial charge in [-0.05, 0) is 44.2 Å². The fourth-order valence-electron chi connectivity index (χ4n) is 2.81. The van der Waals surface area contributed by atoms with E-state index in [4.69, 9.17) is 4.74 Å². The van der Waals surface area contributed by atoms with E-state index in [0.29, 0.717) is 23.3 Å². The van der Waals surface area contributed by atoms with Crippen molar-refractivity contribution in [2.75, 3.05) is 13.2 Å². The van der Waals surface area contributed by atoms with Gasteiger partial charge in [-0.3, -0.25) is 14.7 Å². The van der Waals surface area contributed by atoms with Crippen molar-refractivity contribution in [1.29, 1.82) is 0 Å². The van der Waals surface area contributed by atoms with Crippen LogP contribution in [0, 0.1) is 17.0 Å². The summed E-state index contributed by atoms with van der Waals surface area (Å²) in [6, 6.07) is 15.2. The Morgan fingerprint density at radius 3 is 2.68 bits per heavy atom. The molecule has 1 atom stereocenters. The van der Waals surface area contributed by atoms with Crippen molar-refractivity contribution >= 4 is 27.7 Å². The fraction of sp³-hybridized carbons (Fsp3) is 0.263. The number of halogens is 1. The zero-order valence-electron chi connectivity index (χ0n) is 15.4. The average molecular weight is 463 g/mol. The molecule has 7 nitrogen and oxygen atoms in total. The van der Waals surface area contributed by atoms with Crippen LogP contribution in [-0.4, -0.2) is 32.8 Å². The molecule has 146 valence electrons. The van der Waals surface area contributed by atoms with Gasteiger partial charge in [-0.2, -0.15) is 0 Å². The van der Waals surface area contributed by atoms with Crippen LogP contribution in [0.1, 0.15) is 23.6 Å². The summed E-state index contributed by atoms with van der Waals surface area (Å²) < 4.78 is 8.45. The first kappa shape index (κ1) is 20.3. The minimum Gasteiger partial charge on any atom is -0.494 e. The number of nitro groups is 1. The summed E-state index contributed by atoms with van der Waals surface area (Å²) in [4.78, 5) is 11.1. The van der Waals surface area contributed by atoms with Crippen LogP contribution < -0.4 is 4.74 Å². The summed E-state index contributed by atoms with van der Waals surface area (Å²) in [6.07, 6.45) is 0. The van der Waals surface area contributed by atoms with Gasteiger partial charge in [0.15, 0.2) is 5.16 Å². The number of ether oxygens (including phenoxy) is 1. The molecule has 0 unspecified atom stereocenters. The van der Waals surface area contributed by atoms with Gasteiger partial charge in [0.05, 0.1) is 6.61 Å². The lowest BCUT2D eigenvalue weighted by Crippen LogP contribution is -2.12. The predicted octanol–water partition coefficient (Wildman–Crippen LogP) is 4.85. The third kappa shape index (κ3) is 4.71. The topological polar surface area (TPSA) is 83.1 Å². The van der Waals surface area contributed by atoms with Gasteiger partial charge in [0.2, 0.25) is 6.54 Å². The molecule has 2 aromatic carbocycles. The minimum absolute atomic E-state index is 0.262. The monoisotopic (exact) mass is 462 g/mol. The molecule has 0 radical (unpaired) electrons. The Kier molecular flexibility index (Phi) is 6.69. The smallest absolute Gasteiger partial charge is 0.220 e. The first-order chi connectivity index (χ1) is 13.5. The van der Waals surface area contributed by atoms with E-state index in [1.54, 1.807) is 0 Å². The Labute approximate surface area is 175 Å². The number of nitrogens with zero attached hydrogens (tertiary/aromatic N) is 4. The molecular weight excluding hydrogens is 444 g/mol. The number of hydrogen-bond acceptors (Lipinski definition) is 6. The molecule has 0 fully saturated rings. The normalized spacial score (nSPS) is 12.0. The van der Waals surface area contributed by atoms with Gasteiger partial charge in [-0.25, -0.2) is 0 Å². The molecule has 0 amide bonds. The summed E-state index contributed by atoms with van der Waals surface area (Å²) in [5.41, 5.74) is 1.66. The van der Waals surface area contributed by atoms with E-state index in [1.807, 2.05) is 66.9 Å². The number of benzene rings is 2. The molecule has 0 saturated carbocycles. The van der Waals surface area contributed by atoms with E-state index in [9.17, 15) is 10.1 Å². The van der Waals surface area contributed by atoms with Crippen LogP contribution in [0.3, 0.4) is 0 Å². The molecule has 0 N–H and O–H groups in total. The highest BCUT2D eigenvalue weighted by Crippen LogP contribution is 2.41. The molecule has 1 heterocycles. The summed E-state index contributed by atoms with van der Waals surface area (Å²) in [5, 5.41) is 19.9. The van der Waals surface area contributed by atoms with Gasteiger partial charge in [-0.1, -0.05) is 45.9 Å². The number of aromatic nitrogens is 3. The highest BCUT2D eigenvalue weighted by Gasteiger charge is 2.26. The molecule has 1 aromatic heterocycles. The summed E-state index contributed by atoms with van der Waals surface area (Å²) in [5.74, 6) is 1.35. The van der Waals surface area contributed by atoms with Crippen LogP contribution in [-0.2, 0) is 0 Å². The van der Waals surface area contributed by atoms with E-state index >= 15 is 0 Å². The number of hydrogen-bond donors (Lipinski definition) is 0. The minimum atomic E-state index is -0.486. The molecule has 3 rings (SSSR count). The average Bonchev–Trinajstić information content (AvgIpc) is 3.03. The second kappa shape index (κ2) is 9.20. The third-order valence-corrected chi connectivity index (χ3v) is 5.65. The number of para-hydroxylation sites is 1. The third-order valence-electron chi connectivity index (χ3n) is 3.99. The van der Waals surface area contributed by atoms with Gasteiger partial charge < -0.3 is 4.74 Å². The zero-order valence-corrected chi connectivity index (χ0v) is 17.8. The molecule has 28 heavy (non-hydrogen) atoms. The maximum absolute atomic E-state index is 11.4. The van der Waals surface area contributed by atoms with Crippen LogP contribution in [0.4, 0.5) is 0 Å². The Morgan fingerprint density at radius 1 is 1.25 bits per heavy atom. The summed E-state index contributed by atoms with van der Waals surface area (Å²) in [7, 11) is 0. The first-order valence-electron chi connectivity index (χ1n) is 8.67. The van der Waals surface area contributed by atoms with Crippen molar-refractivity contribution in [2.45, 2.75) is 24.3 Å². The zero-order chi connectivity index (χ0) is 20.1. The number of aryl methyl sites for hydroxylation is 1. The number of rotatable bonds is 8. The van der Waals surface area contributed by atoms with Gasteiger partial charge in [0.1, 0.15) is 16.8 Å². The molecule has 0 aliphatic heterocycles. The Bertz CT molecular complexity index is 965. The largest absolute Gasteiger partial charge is 0.494 e. The molecule has 9 heteroatoms. The fourth-order valence-corrected chi connectivity index (χ4v) is 4.38. The summed E-state index contributed by atoms with van der Waals surface area (Å²) in [6.45, 7) is 3.96. The second-order valence-electron chi connectivity index (χ2n) is 5.94. The van der Waals surface area contributed by atoms with E-state index < -0.39 is 5.25 Å². The molecule has 0 saturated heterocycles. The lowest BCUT2D eigenvalue weighted by molar-refractivity contribution is -0.479. The Hall–Kier alpha value is -2.39. The Balaban J connectivity index is 2.02. The molecule has 0 spiro atoms. The predicted molar refractivity (Wildman–Crippen MR) is 112 cm³/mol. The standard InChI is InChI=1S/C19H19BrN4O3S/c1-3-27-17-10-9-14(20)11-16(17)18(12-23(25)26)28-19-22-21-13(2)24(19)15-7-5-4-6-8-15/h4-11,18H,3,12H2,1-2H3/t18-/m0/s1. The van der Waals surface area contributed by atoms with Crippen LogP contribution >= 0.6 is 27.7 Å². The molecule has 0 bridgehead atoms. The van der Waals surface area contributed by atoms with Crippen LogP contribution in [0.2, 0.25) is 0 Å². The van der Waals surface area contributed by atoms with Gasteiger partial charge in [-0.15, -0.1) is 10.2 Å². The highest BCUT2D eigenvalue weighted by atomic mass is 79.9. The lowest BCUT2D eigenvalue weighted by Gasteiger charge is -2.18. The van der Waals surface area contributed by atoms with Crippen molar-refractivity contribution < 1.29 is 9.66 Å². The second-order valence-corrected chi connectivity index (χ2v) is 8.02. The van der Waals surface area contributed by atoms with Crippen molar-refractivity contribution in [2.24, 2.45) is 0 Å². The first-order valence-corrected chi connectivity index (χ1v) is 10.3. The maximum atomic E-state index is 11.4. The highest BCUT2D eigenvalue weighted by molar-refractivity contribution is 9.10. The van der Waals surface area contributed by atoms with E-state index in [2.05, 4.69) is 26.1 Å². The van der Waals surface area contributed by atoms with E-state index in [0.717, 1.165) is 15.7 Å². The Morgan fingerprint density at radius 2 is 2.00 bits per heavy atom. The van der Waals surface area contributed by atoms with Gasteiger partial charge in [0, 0.05) is 20.6 Å². The summed E-state index contributed by atoms with van der Waals surface area (Å²) >= 11 is 4.76. The van der Waals surface area contributed by atoms with Crippen molar-refractivity contribution in [3.8, 4) is 11.4 Å². The lowest BCUT2D eigenvalue weighted by atomic mass is 10.1. The van der Waals surface area contributed by atoms with Crippen LogP contribution in [0.25, 0.3) is 5.69 Å². The van der Waals surface area contributed by atoms with Crippen LogP contribution in [0.5, 0.6) is 5.75 Å². The SMILES string of the molecule is CCOc1ccc(Br)cc1[C@H](C[N+](=O)[O-])Sc1nnc(C)n1-c1ccccc1. The maximum Gasteiger partial charge on any atom is 0.220 e. The molecular formula is C19H19BrN4O3S. The molecule has 3 aromatic rings. The number of thioether (sulfide) groups is 1. The van der Waals surface area contributed by atoms with Crippen molar-refractivity contribution in [1.82, 2.24) is 14.8 Å². The van der Waals surface area contributed by atoms with Gasteiger partial charge in [0.25, 0.3) is 0 Å².